The van der Waals surface area contributed by atoms with Crippen LogP contribution in [0, 0.1) is 19.9 Å². The highest BCUT2D eigenvalue weighted by atomic mass is 32.2. The molecule has 0 spiro atoms. The van der Waals surface area contributed by atoms with Crippen LogP contribution in [-0.2, 0) is 23.7 Å². The van der Waals surface area contributed by atoms with Crippen LogP contribution in [0.2, 0.25) is 0 Å². The van der Waals surface area contributed by atoms with Crippen molar-refractivity contribution in [3.05, 3.63) is 50.8 Å². The van der Waals surface area contributed by atoms with Crippen LogP contribution in [0.1, 0.15) is 54.4 Å². The molecule has 2 saturated heterocycles. The Kier molecular flexibility index (Phi) is 8.85. The lowest BCUT2D eigenvalue weighted by Crippen LogP contribution is -2.37. The summed E-state index contributed by atoms with van der Waals surface area (Å²) in [5.41, 5.74) is 1.35. The van der Waals surface area contributed by atoms with E-state index in [9.17, 15) is 0 Å². The minimum Gasteiger partial charge on any atom is -0.496 e. The van der Waals surface area contributed by atoms with Crippen LogP contribution in [0.4, 0.5) is 0 Å². The Morgan fingerprint density at radius 1 is 0.491 bits per heavy atom. The summed E-state index contributed by atoms with van der Waals surface area (Å²) in [6.07, 6.45) is 1.49. The Morgan fingerprint density at radius 3 is 1.66 bits per heavy atom. The zero-order valence-electron chi connectivity index (χ0n) is 30.8. The normalized spacial score (nSPS) is 32.2. The smallest absolute Gasteiger partial charge is 0.181 e. The van der Waals surface area contributed by atoms with Crippen molar-refractivity contribution in [3.8, 4) is 23.0 Å². The molecule has 2 aromatic rings. The second-order valence-corrected chi connectivity index (χ2v) is 21.6. The Morgan fingerprint density at radius 2 is 1.00 bits per heavy atom. The van der Waals surface area contributed by atoms with Gasteiger partial charge in [-0.2, -0.15) is 0 Å². The summed E-state index contributed by atoms with van der Waals surface area (Å²) in [7, 11) is 0. The van der Waals surface area contributed by atoms with E-state index in [0.29, 0.717) is 52.9 Å². The van der Waals surface area contributed by atoms with Gasteiger partial charge in [0.05, 0.1) is 53.4 Å². The van der Waals surface area contributed by atoms with E-state index in [2.05, 4.69) is 41.5 Å². The summed E-state index contributed by atoms with van der Waals surface area (Å²) in [5.74, 6) is 6.10. The Balaban J connectivity index is 1.20. The van der Waals surface area contributed by atoms with E-state index in [4.69, 9.17) is 42.6 Å². The molecule has 4 unspecified atom stereocenters. The molecular weight excluding hydrogens is 773 g/mol. The van der Waals surface area contributed by atoms with E-state index in [1.54, 1.807) is 34.4 Å². The first-order valence-electron chi connectivity index (χ1n) is 18.5. The van der Waals surface area contributed by atoms with Crippen LogP contribution in [0.15, 0.2) is 32.7 Å². The third kappa shape index (κ3) is 5.78. The molecule has 9 nitrogen and oxygen atoms in total. The predicted octanol–water partition coefficient (Wildman–Crippen LogP) is 7.24. The maximum absolute atomic E-state index is 6.58. The van der Waals surface area contributed by atoms with Gasteiger partial charge in [-0.15, -0.1) is 46.2 Å². The molecular formula is C39H44O9S5. The summed E-state index contributed by atoms with van der Waals surface area (Å²) in [5, 5.41) is 0.393. The van der Waals surface area contributed by atoms with Crippen molar-refractivity contribution in [2.45, 2.75) is 77.1 Å². The van der Waals surface area contributed by atoms with Crippen LogP contribution < -0.4 is 28.0 Å². The van der Waals surface area contributed by atoms with Gasteiger partial charge in [-0.05, 0) is 23.7 Å². The van der Waals surface area contributed by atoms with Gasteiger partial charge in [-0.25, -0.2) is 0 Å². The van der Waals surface area contributed by atoms with Crippen LogP contribution in [0.25, 0.3) is 9.81 Å². The van der Waals surface area contributed by atoms with Crippen molar-refractivity contribution in [2.24, 2.45) is 10.8 Å². The van der Waals surface area contributed by atoms with Gasteiger partial charge < -0.3 is 42.6 Å². The van der Waals surface area contributed by atoms with E-state index < -0.39 is 0 Å². The maximum Gasteiger partial charge on any atom is 0.181 e. The van der Waals surface area contributed by atoms with Crippen LogP contribution in [0.3, 0.4) is 0 Å². The van der Waals surface area contributed by atoms with Crippen LogP contribution in [0.5, 0.6) is 23.0 Å². The Bertz CT molecular complexity index is 2200. The van der Waals surface area contributed by atoms with Crippen LogP contribution in [-0.4, -0.2) is 82.2 Å². The van der Waals surface area contributed by atoms with Gasteiger partial charge in [0.1, 0.15) is 57.6 Å². The minimum absolute atomic E-state index is 0.0180. The monoisotopic (exact) mass is 816 g/mol. The van der Waals surface area contributed by atoms with Gasteiger partial charge in [0.15, 0.2) is 34.5 Å². The molecule has 2 fully saturated rings. The molecule has 53 heavy (non-hydrogen) atoms. The largest absolute Gasteiger partial charge is 0.496 e. The van der Waals surface area contributed by atoms with E-state index in [0.717, 1.165) is 92.6 Å². The molecule has 284 valence electrons. The molecule has 10 rings (SSSR count). The van der Waals surface area contributed by atoms with E-state index in [-0.39, 0.29) is 33.5 Å². The fourth-order valence-corrected chi connectivity index (χ4v) is 15.2. The molecule has 10 heterocycles. The third-order valence-electron chi connectivity index (χ3n) is 10.3. The van der Waals surface area contributed by atoms with Gasteiger partial charge in [0.25, 0.3) is 0 Å². The summed E-state index contributed by atoms with van der Waals surface area (Å²) in [4.78, 5) is 4.57. The standard InChI is InChI=1S/C39H44O9S5/c1-38(2,3)36-19-18(8-7-9-40-19)28(52-36)29-20-21(42-11-10-41-20)30(49-29)31-22-23(44-13-12-43-22)32(50-31)33-24-25(46-15-14-45-24)34(51-33)35-26-27(48-17-16-47-26)37(53-35)39(4,5)6/h24-25,36-37H,7-17H2,1-6H3/b29-28+,31-30+,33-32+,35-34+. The van der Waals surface area contributed by atoms with Gasteiger partial charge in [0.2, 0.25) is 0 Å². The number of thiophene rings is 2. The Labute approximate surface area is 329 Å². The molecule has 0 bridgehead atoms. The second kappa shape index (κ2) is 13.3. The van der Waals surface area contributed by atoms with Gasteiger partial charge in [0, 0.05) is 20.3 Å². The van der Waals surface area contributed by atoms with E-state index in [1.165, 1.54) is 10.5 Å². The molecule has 8 aliphatic heterocycles. The lowest BCUT2D eigenvalue weighted by Gasteiger charge is -2.29. The zero-order valence-corrected chi connectivity index (χ0v) is 34.9. The average molecular weight is 817 g/mol. The molecule has 2 aromatic heterocycles. The summed E-state index contributed by atoms with van der Waals surface area (Å²) < 4.78 is 62.3. The highest BCUT2D eigenvalue weighted by Gasteiger charge is 2.50. The summed E-state index contributed by atoms with van der Waals surface area (Å²) >= 11 is 8.91. The zero-order chi connectivity index (χ0) is 36.2. The number of thioether (sulfide) groups is 3. The SMILES string of the molecule is CC(C)(C)C1S/C(=C2/S/C(=c3/s/c(=c4/s/c(=C5/SC(C(C)(C)C)C6=C5CCCO6)c5c4OCCO5)c4c3OCCO4)C3OCCOC23)C2=C1OCCO2. The number of fused-ring (bicyclic) bond motifs is 3. The number of hydrogen-bond acceptors (Lipinski definition) is 14. The number of ether oxygens (including phenoxy) is 9. The van der Waals surface area contributed by atoms with Crippen molar-refractivity contribution < 1.29 is 42.6 Å². The second-order valence-electron chi connectivity index (χ2n) is 16.2. The highest BCUT2D eigenvalue weighted by Crippen LogP contribution is 2.59. The van der Waals surface area contributed by atoms with Crippen molar-refractivity contribution >= 4 is 67.8 Å². The lowest BCUT2D eigenvalue weighted by molar-refractivity contribution is -0.0949. The van der Waals surface area contributed by atoms with Crippen molar-refractivity contribution in [1.29, 1.82) is 0 Å². The molecule has 0 saturated carbocycles. The predicted molar refractivity (Wildman–Crippen MR) is 211 cm³/mol. The molecule has 0 aromatic carbocycles. The van der Waals surface area contributed by atoms with Gasteiger partial charge >= 0.3 is 0 Å². The fourth-order valence-electron chi connectivity index (χ4n) is 7.92. The highest BCUT2D eigenvalue weighted by molar-refractivity contribution is 8.13. The molecule has 8 aliphatic rings. The van der Waals surface area contributed by atoms with Crippen molar-refractivity contribution in [2.75, 3.05) is 59.5 Å². The quantitative estimate of drug-likeness (QED) is 0.269. The van der Waals surface area contributed by atoms with Gasteiger partial charge in [-0.3, -0.25) is 0 Å². The third-order valence-corrected chi connectivity index (χ3v) is 18.1. The molecule has 4 atom stereocenters. The Hall–Kier alpha value is -2.07. The maximum atomic E-state index is 6.58. The topological polar surface area (TPSA) is 83.1 Å². The average Bonchev–Trinajstić information content (AvgIpc) is 3.97. The minimum atomic E-state index is -0.274. The van der Waals surface area contributed by atoms with Crippen molar-refractivity contribution in [3.63, 3.8) is 0 Å². The number of hydrogen-bond donors (Lipinski definition) is 0. The summed E-state index contributed by atoms with van der Waals surface area (Å²) in [6.45, 7) is 18.6. The van der Waals surface area contributed by atoms with Crippen LogP contribution >= 0.6 is 58.0 Å². The molecule has 0 amide bonds. The fraction of sp³-hybridized carbons (Fsp3) is 0.590. The first kappa shape index (κ1) is 35.4. The summed E-state index contributed by atoms with van der Waals surface area (Å²) in [6, 6.07) is 0. The van der Waals surface area contributed by atoms with E-state index in [1.807, 2.05) is 23.5 Å². The lowest BCUT2D eigenvalue weighted by atomic mass is 9.88. The van der Waals surface area contributed by atoms with Crippen molar-refractivity contribution in [1.82, 2.24) is 0 Å². The molecule has 0 radical (unpaired) electrons. The molecule has 14 heteroatoms. The molecule has 0 aliphatic carbocycles. The number of rotatable bonds is 0. The van der Waals surface area contributed by atoms with Gasteiger partial charge in [-0.1, -0.05) is 53.3 Å². The first-order valence-corrected chi connectivity index (χ1v) is 22.7. The van der Waals surface area contributed by atoms with E-state index >= 15 is 0 Å². The molecule has 0 N–H and O–H groups in total. The first-order chi connectivity index (χ1) is 25.6.